The second-order valence-corrected chi connectivity index (χ2v) is 7.99. The molecule has 0 amide bonds. The smallest absolute Gasteiger partial charge is 0.181 e. The van der Waals surface area contributed by atoms with Crippen LogP contribution in [0, 0.1) is 0 Å². The minimum atomic E-state index is -1.12. The molecule has 1 atom stereocenters. The predicted octanol–water partition coefficient (Wildman–Crippen LogP) is 2.80. The fraction of sp³-hybridized carbons (Fsp3) is 0.462. The van der Waals surface area contributed by atoms with Crippen molar-refractivity contribution >= 4 is 38.0 Å². The van der Waals surface area contributed by atoms with Crippen LogP contribution in [0.15, 0.2) is 22.5 Å². The highest BCUT2D eigenvalue weighted by atomic mass is 32.2. The van der Waals surface area contributed by atoms with Gasteiger partial charge >= 0.3 is 0 Å². The van der Waals surface area contributed by atoms with Crippen LogP contribution in [0.1, 0.15) is 20.8 Å². The molecule has 1 aromatic carbocycles. The van der Waals surface area contributed by atoms with E-state index in [1.54, 1.807) is 6.07 Å². The maximum atomic E-state index is 12.1. The average molecular weight is 298 g/mol. The number of nitrogens with zero attached hydrogens (tertiary/aromatic N) is 1. The summed E-state index contributed by atoms with van der Waals surface area (Å²) in [6.45, 7) is 6.41. The standard InChI is InChI=1S/C13H18N2O2S2/c1-13(2,3)17-6-7-19(16)12-15-10-5-4-9(14)8-11(10)18-12/h4-5,8H,6-7,14H2,1-3H3. The predicted molar refractivity (Wildman–Crippen MR) is 81.0 cm³/mol. The molecule has 1 unspecified atom stereocenters. The van der Waals surface area contributed by atoms with Gasteiger partial charge in [-0.3, -0.25) is 4.21 Å². The quantitative estimate of drug-likeness (QED) is 0.882. The number of fused-ring (bicyclic) bond motifs is 1. The Kier molecular flexibility index (Phi) is 4.23. The second-order valence-electron chi connectivity index (χ2n) is 5.22. The Hall–Kier alpha value is -0.980. The van der Waals surface area contributed by atoms with Crippen LogP contribution in [-0.4, -0.2) is 27.2 Å². The van der Waals surface area contributed by atoms with Gasteiger partial charge in [0.25, 0.3) is 0 Å². The zero-order chi connectivity index (χ0) is 14.0. The third-order valence-electron chi connectivity index (χ3n) is 2.39. The molecule has 1 heterocycles. The number of hydrogen-bond donors (Lipinski definition) is 1. The number of ether oxygens (including phenoxy) is 1. The molecule has 0 aliphatic carbocycles. The van der Waals surface area contributed by atoms with Gasteiger partial charge in [0.05, 0.1) is 39.0 Å². The van der Waals surface area contributed by atoms with Crippen molar-refractivity contribution in [2.45, 2.75) is 30.7 Å². The highest BCUT2D eigenvalue weighted by Gasteiger charge is 2.14. The van der Waals surface area contributed by atoms with Gasteiger partial charge < -0.3 is 10.5 Å². The molecule has 19 heavy (non-hydrogen) atoms. The molecule has 2 rings (SSSR count). The lowest BCUT2D eigenvalue weighted by Crippen LogP contribution is -2.22. The SMILES string of the molecule is CC(C)(C)OCCS(=O)c1nc2ccc(N)cc2s1. The largest absolute Gasteiger partial charge is 0.399 e. The number of aromatic nitrogens is 1. The van der Waals surface area contributed by atoms with E-state index in [2.05, 4.69) is 4.98 Å². The van der Waals surface area contributed by atoms with Gasteiger partial charge in [0.2, 0.25) is 0 Å². The Morgan fingerprint density at radius 3 is 2.84 bits per heavy atom. The third-order valence-corrected chi connectivity index (χ3v) is 5.03. The lowest BCUT2D eigenvalue weighted by atomic mass is 10.2. The summed E-state index contributed by atoms with van der Waals surface area (Å²) in [5, 5.41) is 0. The van der Waals surface area contributed by atoms with Crippen molar-refractivity contribution in [2.75, 3.05) is 18.1 Å². The molecule has 4 nitrogen and oxygen atoms in total. The molecule has 6 heteroatoms. The van der Waals surface area contributed by atoms with Gasteiger partial charge in [0, 0.05) is 5.69 Å². The van der Waals surface area contributed by atoms with Gasteiger partial charge in [-0.2, -0.15) is 0 Å². The van der Waals surface area contributed by atoms with E-state index >= 15 is 0 Å². The monoisotopic (exact) mass is 298 g/mol. The van der Waals surface area contributed by atoms with E-state index in [4.69, 9.17) is 10.5 Å². The molecule has 2 N–H and O–H groups in total. The first-order valence-corrected chi connectivity index (χ1v) is 8.17. The highest BCUT2D eigenvalue weighted by Crippen LogP contribution is 2.26. The number of benzene rings is 1. The molecular weight excluding hydrogens is 280 g/mol. The van der Waals surface area contributed by atoms with E-state index < -0.39 is 10.8 Å². The molecule has 2 aromatic rings. The van der Waals surface area contributed by atoms with Gasteiger partial charge in [0.1, 0.15) is 0 Å². The molecule has 0 saturated heterocycles. The van der Waals surface area contributed by atoms with Crippen LogP contribution in [0.3, 0.4) is 0 Å². The Morgan fingerprint density at radius 1 is 1.42 bits per heavy atom. The van der Waals surface area contributed by atoms with E-state index in [1.807, 2.05) is 32.9 Å². The zero-order valence-corrected chi connectivity index (χ0v) is 12.9. The third kappa shape index (κ3) is 3.99. The number of hydrogen-bond acceptors (Lipinski definition) is 5. The van der Waals surface area contributed by atoms with Crippen LogP contribution in [0.4, 0.5) is 5.69 Å². The zero-order valence-electron chi connectivity index (χ0n) is 11.3. The van der Waals surface area contributed by atoms with Gasteiger partial charge in [0.15, 0.2) is 4.34 Å². The van der Waals surface area contributed by atoms with Gasteiger partial charge in [-0.05, 0) is 39.0 Å². The topological polar surface area (TPSA) is 65.2 Å². The fourth-order valence-corrected chi connectivity index (χ4v) is 3.77. The summed E-state index contributed by atoms with van der Waals surface area (Å²) in [4.78, 5) is 4.38. The van der Waals surface area contributed by atoms with Crippen molar-refractivity contribution in [1.29, 1.82) is 0 Å². The summed E-state index contributed by atoms with van der Waals surface area (Å²) in [6, 6.07) is 5.52. The maximum absolute atomic E-state index is 12.1. The maximum Gasteiger partial charge on any atom is 0.181 e. The van der Waals surface area contributed by atoms with Crippen LogP contribution < -0.4 is 5.73 Å². The van der Waals surface area contributed by atoms with E-state index in [1.165, 1.54) is 11.3 Å². The first-order chi connectivity index (χ1) is 8.85. The first kappa shape index (κ1) is 14.4. The van der Waals surface area contributed by atoms with Crippen LogP contribution in [-0.2, 0) is 15.5 Å². The van der Waals surface area contributed by atoms with E-state index in [-0.39, 0.29) is 5.60 Å². The average Bonchev–Trinajstić information content (AvgIpc) is 2.70. The molecule has 0 bridgehead atoms. The summed E-state index contributed by atoms with van der Waals surface area (Å²) < 4.78 is 19.3. The van der Waals surface area contributed by atoms with Crippen LogP contribution in [0.5, 0.6) is 0 Å². The van der Waals surface area contributed by atoms with E-state index in [0.717, 1.165) is 10.2 Å². The molecule has 0 aliphatic heterocycles. The van der Waals surface area contributed by atoms with Gasteiger partial charge in [-0.15, -0.1) is 11.3 Å². The Labute approximate surface area is 119 Å². The number of anilines is 1. The van der Waals surface area contributed by atoms with Gasteiger partial charge in [-0.25, -0.2) is 4.98 Å². The van der Waals surface area contributed by atoms with Crippen molar-refractivity contribution in [3.05, 3.63) is 18.2 Å². The molecule has 0 radical (unpaired) electrons. The summed E-state index contributed by atoms with van der Waals surface area (Å²) in [5.41, 5.74) is 7.06. The van der Waals surface area contributed by atoms with Crippen molar-refractivity contribution in [3.8, 4) is 0 Å². The van der Waals surface area contributed by atoms with E-state index in [0.29, 0.717) is 22.4 Å². The number of rotatable bonds is 4. The summed E-state index contributed by atoms with van der Waals surface area (Å²) in [6.07, 6.45) is 0. The molecule has 0 spiro atoms. The van der Waals surface area contributed by atoms with Crippen LogP contribution in [0.2, 0.25) is 0 Å². The van der Waals surface area contributed by atoms with Crippen molar-refractivity contribution in [3.63, 3.8) is 0 Å². The molecular formula is C13H18N2O2S2. The number of nitrogens with two attached hydrogens (primary N) is 1. The molecule has 0 saturated carbocycles. The number of nitrogen functional groups attached to an aromatic ring is 1. The van der Waals surface area contributed by atoms with Crippen molar-refractivity contribution in [1.82, 2.24) is 4.98 Å². The summed E-state index contributed by atoms with van der Waals surface area (Å²) >= 11 is 1.43. The molecule has 104 valence electrons. The Bertz CT molecular complexity index is 602. The fourth-order valence-electron chi connectivity index (χ4n) is 1.53. The minimum absolute atomic E-state index is 0.202. The number of thiazole rings is 1. The lowest BCUT2D eigenvalue weighted by molar-refractivity contribution is 0.00669. The van der Waals surface area contributed by atoms with Crippen molar-refractivity contribution < 1.29 is 8.95 Å². The minimum Gasteiger partial charge on any atom is -0.399 e. The van der Waals surface area contributed by atoms with Crippen molar-refractivity contribution in [2.24, 2.45) is 0 Å². The molecule has 1 aromatic heterocycles. The highest BCUT2D eigenvalue weighted by molar-refractivity contribution is 7.87. The van der Waals surface area contributed by atoms with E-state index in [9.17, 15) is 4.21 Å². The summed E-state index contributed by atoms with van der Waals surface area (Å²) in [7, 11) is -1.12. The normalized spacial score (nSPS) is 13.8. The first-order valence-electron chi connectivity index (χ1n) is 6.03. The molecule has 0 fully saturated rings. The Morgan fingerprint density at radius 2 is 2.16 bits per heavy atom. The van der Waals surface area contributed by atoms with Gasteiger partial charge in [-0.1, -0.05) is 0 Å². The second kappa shape index (κ2) is 5.56. The summed E-state index contributed by atoms with van der Waals surface area (Å²) in [5.74, 6) is 0.465. The Balaban J connectivity index is 2.05. The van der Waals surface area contributed by atoms with Crippen LogP contribution >= 0.6 is 11.3 Å². The van der Waals surface area contributed by atoms with Crippen LogP contribution in [0.25, 0.3) is 10.2 Å². The lowest BCUT2D eigenvalue weighted by Gasteiger charge is -2.18. The molecule has 0 aliphatic rings.